The number of nitrogens with one attached hydrogen (secondary N) is 1. The van der Waals surface area contributed by atoms with Gasteiger partial charge in [0, 0.05) is 23.5 Å². The van der Waals surface area contributed by atoms with Crippen molar-refractivity contribution in [2.75, 3.05) is 11.4 Å². The lowest BCUT2D eigenvalue weighted by Gasteiger charge is -2.43. The molecule has 1 aliphatic heterocycles. The van der Waals surface area contributed by atoms with Gasteiger partial charge in [0.1, 0.15) is 5.82 Å². The Kier molecular flexibility index (Phi) is 6.80. The third-order valence-electron chi connectivity index (χ3n) is 5.59. The summed E-state index contributed by atoms with van der Waals surface area (Å²) in [5.74, 6) is 0.441. The second-order valence-electron chi connectivity index (χ2n) is 9.47. The van der Waals surface area contributed by atoms with Gasteiger partial charge < -0.3 is 15.1 Å². The van der Waals surface area contributed by atoms with Crippen molar-refractivity contribution in [3.63, 3.8) is 0 Å². The average Bonchev–Trinajstić information content (AvgIpc) is 2.70. The Morgan fingerprint density at radius 2 is 1.58 bits per heavy atom. The number of aryl methyl sites for hydroxylation is 1. The van der Waals surface area contributed by atoms with Crippen LogP contribution >= 0.6 is 0 Å². The molecule has 3 rings (SSSR count). The number of alkyl halides is 3. The lowest BCUT2D eigenvalue weighted by Crippen LogP contribution is -2.46. The number of hydrogen-bond donors (Lipinski definition) is 1. The summed E-state index contributed by atoms with van der Waals surface area (Å²) in [5, 5.41) is 3.63. The van der Waals surface area contributed by atoms with Gasteiger partial charge in [0.2, 0.25) is 0 Å². The third-order valence-corrected chi connectivity index (χ3v) is 5.59. The summed E-state index contributed by atoms with van der Waals surface area (Å²) in [6, 6.07) is 14.1. The van der Waals surface area contributed by atoms with Crippen LogP contribution in [0.15, 0.2) is 85.0 Å². The zero-order chi connectivity index (χ0) is 24.6. The lowest BCUT2D eigenvalue weighted by molar-refractivity contribution is -0.137. The summed E-state index contributed by atoms with van der Waals surface area (Å²) >= 11 is 0. The van der Waals surface area contributed by atoms with E-state index in [0.717, 1.165) is 11.6 Å². The van der Waals surface area contributed by atoms with E-state index in [4.69, 9.17) is 0 Å². The minimum atomic E-state index is -4.48. The molecule has 1 atom stereocenters. The van der Waals surface area contributed by atoms with E-state index in [9.17, 15) is 13.2 Å². The number of nitrogens with zero attached hydrogens (tertiary/aromatic N) is 2. The van der Waals surface area contributed by atoms with Crippen molar-refractivity contribution in [1.82, 2.24) is 10.2 Å². The van der Waals surface area contributed by atoms with Crippen LogP contribution in [0.25, 0.3) is 0 Å². The molecule has 1 N–H and O–H groups in total. The Hall–Kier alpha value is -2.99. The van der Waals surface area contributed by atoms with E-state index in [1.807, 2.05) is 35.2 Å². The molecule has 0 aromatic heterocycles. The van der Waals surface area contributed by atoms with Crippen LogP contribution in [0.2, 0.25) is 0 Å². The van der Waals surface area contributed by atoms with Crippen LogP contribution in [-0.4, -0.2) is 17.0 Å². The normalized spacial score (nSPS) is 16.2. The molecule has 0 saturated carbocycles. The second-order valence-corrected chi connectivity index (χ2v) is 9.47. The predicted molar refractivity (Wildman–Crippen MR) is 129 cm³/mol. The number of anilines is 1. The number of halogens is 3. The topological polar surface area (TPSA) is 18.5 Å². The average molecular weight is 456 g/mol. The molecule has 0 amide bonds. The molecule has 1 unspecified atom stereocenters. The van der Waals surface area contributed by atoms with Crippen LogP contribution in [0.4, 0.5) is 18.9 Å². The summed E-state index contributed by atoms with van der Waals surface area (Å²) in [6.07, 6.45) is -2.68. The highest BCUT2D eigenvalue weighted by Gasteiger charge is 2.38. The zero-order valence-corrected chi connectivity index (χ0v) is 19.9. The molecule has 2 aromatic carbocycles. The van der Waals surface area contributed by atoms with Crippen molar-refractivity contribution in [3.05, 3.63) is 102 Å². The molecule has 176 valence electrons. The van der Waals surface area contributed by atoms with Gasteiger partial charge in [-0.2, -0.15) is 13.2 Å². The van der Waals surface area contributed by atoms with Crippen LogP contribution in [0, 0.1) is 6.92 Å². The first-order valence-electron chi connectivity index (χ1n) is 10.9. The number of para-hydroxylation sites is 1. The Balaban J connectivity index is 2.04. The van der Waals surface area contributed by atoms with Crippen molar-refractivity contribution in [3.8, 4) is 0 Å². The summed E-state index contributed by atoms with van der Waals surface area (Å²) in [7, 11) is 0. The molecule has 0 radical (unpaired) electrons. The Morgan fingerprint density at radius 1 is 0.939 bits per heavy atom. The first-order chi connectivity index (χ1) is 15.3. The maximum atomic E-state index is 13.9. The fraction of sp³-hybridized carbons (Fsp3) is 0.333. The number of allylic oxidation sites excluding steroid dienone is 2. The number of rotatable bonds is 5. The highest BCUT2D eigenvalue weighted by molar-refractivity contribution is 5.69. The van der Waals surface area contributed by atoms with Crippen LogP contribution in [0.1, 0.15) is 50.4 Å². The van der Waals surface area contributed by atoms with Crippen molar-refractivity contribution in [1.29, 1.82) is 0 Å². The largest absolute Gasteiger partial charge is 0.418 e. The van der Waals surface area contributed by atoms with Crippen molar-refractivity contribution < 1.29 is 13.2 Å². The van der Waals surface area contributed by atoms with E-state index in [1.165, 1.54) is 6.07 Å². The van der Waals surface area contributed by atoms with Crippen LogP contribution in [-0.2, 0) is 6.18 Å². The quantitative estimate of drug-likeness (QED) is 0.516. The van der Waals surface area contributed by atoms with Gasteiger partial charge in [-0.3, -0.25) is 0 Å². The van der Waals surface area contributed by atoms with E-state index in [2.05, 4.69) is 39.2 Å². The van der Waals surface area contributed by atoms with Gasteiger partial charge in [-0.25, -0.2) is 0 Å². The first kappa shape index (κ1) is 24.6. The maximum Gasteiger partial charge on any atom is 0.418 e. The smallest absolute Gasteiger partial charge is 0.327 e. The standard InChI is InChI=1S/C27H32F3N3/c1-18-12-11-15-23(27(28,29)30)25(18)33-20(3)16-19(2)32(21(33)4)17-24(31-26(5,6)7)22-13-9-8-10-14-22/h8-16,24,31H,2,4,17H2,1,3,5-7H3. The molecule has 0 bridgehead atoms. The summed E-state index contributed by atoms with van der Waals surface area (Å²) in [4.78, 5) is 3.47. The van der Waals surface area contributed by atoms with Crippen molar-refractivity contribution in [2.24, 2.45) is 0 Å². The van der Waals surface area contributed by atoms with Crippen LogP contribution in [0.5, 0.6) is 0 Å². The molecule has 33 heavy (non-hydrogen) atoms. The van der Waals surface area contributed by atoms with E-state index in [-0.39, 0.29) is 17.3 Å². The van der Waals surface area contributed by atoms with Gasteiger partial charge in [-0.1, -0.05) is 55.6 Å². The third kappa shape index (κ3) is 5.50. The van der Waals surface area contributed by atoms with E-state index in [1.54, 1.807) is 30.9 Å². The molecule has 1 heterocycles. The molecule has 1 aliphatic rings. The van der Waals surface area contributed by atoms with Crippen molar-refractivity contribution in [2.45, 2.75) is 52.4 Å². The molecule has 6 heteroatoms. The zero-order valence-electron chi connectivity index (χ0n) is 19.9. The van der Waals surface area contributed by atoms with Gasteiger partial charge in [-0.15, -0.1) is 0 Å². The molecular weight excluding hydrogens is 423 g/mol. The van der Waals surface area contributed by atoms with E-state index in [0.29, 0.717) is 29.3 Å². The van der Waals surface area contributed by atoms with Gasteiger partial charge in [-0.05, 0) is 57.9 Å². The number of benzene rings is 2. The monoisotopic (exact) mass is 455 g/mol. The molecule has 0 fully saturated rings. The fourth-order valence-corrected chi connectivity index (χ4v) is 4.21. The van der Waals surface area contributed by atoms with Crippen LogP contribution < -0.4 is 10.2 Å². The molecule has 0 aliphatic carbocycles. The summed E-state index contributed by atoms with van der Waals surface area (Å²) < 4.78 is 41.7. The minimum Gasteiger partial charge on any atom is -0.327 e. The maximum absolute atomic E-state index is 13.9. The molecule has 0 spiro atoms. The van der Waals surface area contributed by atoms with E-state index >= 15 is 0 Å². The lowest BCUT2D eigenvalue weighted by atomic mass is 10.00. The fourth-order valence-electron chi connectivity index (χ4n) is 4.21. The van der Waals surface area contributed by atoms with Gasteiger partial charge in [0.15, 0.2) is 0 Å². The second kappa shape index (κ2) is 9.10. The summed E-state index contributed by atoms with van der Waals surface area (Å²) in [6.45, 7) is 18.6. The molecule has 3 nitrogen and oxygen atoms in total. The SMILES string of the molecule is C=C1C=C(C)N(c2c(C)cccc2C(F)(F)F)C(=C)N1CC(NC(C)(C)C)c1ccccc1. The molecular formula is C27H32F3N3. The van der Waals surface area contributed by atoms with Crippen LogP contribution in [0.3, 0.4) is 0 Å². The van der Waals surface area contributed by atoms with Gasteiger partial charge in [0.25, 0.3) is 0 Å². The molecule has 0 saturated heterocycles. The van der Waals surface area contributed by atoms with Gasteiger partial charge in [0.05, 0.1) is 17.3 Å². The highest BCUT2D eigenvalue weighted by atomic mass is 19.4. The molecule has 2 aromatic rings. The minimum absolute atomic E-state index is 0.0905. The summed E-state index contributed by atoms with van der Waals surface area (Å²) in [5.41, 5.74) is 2.17. The predicted octanol–water partition coefficient (Wildman–Crippen LogP) is 7.15. The first-order valence-corrected chi connectivity index (χ1v) is 10.9. The highest BCUT2D eigenvalue weighted by Crippen LogP contribution is 2.43. The number of hydrogen-bond acceptors (Lipinski definition) is 3. The Labute approximate surface area is 194 Å². The van der Waals surface area contributed by atoms with Gasteiger partial charge >= 0.3 is 6.18 Å². The Morgan fingerprint density at radius 3 is 2.15 bits per heavy atom. The Bertz CT molecular complexity index is 1060. The van der Waals surface area contributed by atoms with E-state index < -0.39 is 11.7 Å². The van der Waals surface area contributed by atoms with Crippen molar-refractivity contribution >= 4 is 5.69 Å².